The largest absolute Gasteiger partial charge is 0.478 e. The third kappa shape index (κ3) is 4.98. The van der Waals surface area contributed by atoms with Crippen molar-refractivity contribution in [1.82, 2.24) is 0 Å². The van der Waals surface area contributed by atoms with E-state index < -0.39 is 11.4 Å². The van der Waals surface area contributed by atoms with E-state index in [0.717, 1.165) is 17.5 Å². The number of benzene rings is 2. The monoisotopic (exact) mass is 580 g/mol. The van der Waals surface area contributed by atoms with E-state index in [9.17, 15) is 24.8 Å². The number of carbonyl (C=O) groups excluding carboxylic acids is 2. The zero-order valence-electron chi connectivity index (χ0n) is 21.2. The van der Waals surface area contributed by atoms with Gasteiger partial charge in [0.25, 0.3) is 0 Å². The Bertz CT molecular complexity index is 1480. The van der Waals surface area contributed by atoms with Gasteiger partial charge < -0.3 is 5.11 Å². The smallest absolute Gasteiger partial charge is 0.336 e. The lowest BCUT2D eigenvalue weighted by Crippen LogP contribution is -2.59. The number of nitrogens with zero attached hydrogens (tertiary/aromatic N) is 2. The van der Waals surface area contributed by atoms with Gasteiger partial charge in [-0.1, -0.05) is 42.3 Å². The Kier molecular flexibility index (Phi) is 7.56. The fourth-order valence-corrected chi connectivity index (χ4v) is 7.87. The summed E-state index contributed by atoms with van der Waals surface area (Å²) in [7, 11) is 0. The topological polar surface area (TPSA) is 98.5 Å². The number of imide groups is 1. The van der Waals surface area contributed by atoms with Gasteiger partial charge in [-0.25, -0.2) is 9.69 Å². The van der Waals surface area contributed by atoms with E-state index in [0.29, 0.717) is 46.1 Å². The van der Waals surface area contributed by atoms with Crippen LogP contribution in [0.3, 0.4) is 0 Å². The van der Waals surface area contributed by atoms with Crippen molar-refractivity contribution in [2.45, 2.75) is 44.9 Å². The molecule has 1 aliphatic carbocycles. The second-order valence-corrected chi connectivity index (χ2v) is 12.2. The van der Waals surface area contributed by atoms with Crippen LogP contribution in [-0.2, 0) is 16.0 Å². The summed E-state index contributed by atoms with van der Waals surface area (Å²) in [5, 5.41) is 23.2. The van der Waals surface area contributed by atoms with Gasteiger partial charge in [0, 0.05) is 21.8 Å². The quantitative estimate of drug-likeness (QED) is 0.318. The first-order valence-corrected chi connectivity index (χ1v) is 14.5. The van der Waals surface area contributed by atoms with Gasteiger partial charge >= 0.3 is 5.97 Å². The lowest BCUT2D eigenvalue weighted by atomic mass is 9.53. The van der Waals surface area contributed by atoms with Crippen molar-refractivity contribution in [1.29, 1.82) is 5.26 Å². The molecule has 3 aromatic rings. The maximum atomic E-state index is 14.5. The Morgan fingerprint density at radius 2 is 1.85 bits per heavy atom. The zero-order chi connectivity index (χ0) is 27.9. The summed E-state index contributed by atoms with van der Waals surface area (Å²) in [4.78, 5) is 40.8. The number of hydrogen-bond donors (Lipinski definition) is 1. The van der Waals surface area contributed by atoms with E-state index >= 15 is 0 Å². The van der Waals surface area contributed by atoms with Gasteiger partial charge in [-0.3, -0.25) is 9.59 Å². The Morgan fingerprint density at radius 1 is 1.15 bits per heavy atom. The average molecular weight is 582 g/mol. The number of anilines is 1. The molecule has 0 radical (unpaired) electrons. The second kappa shape index (κ2) is 10.8. The maximum Gasteiger partial charge on any atom is 0.336 e. The molecule has 5 rings (SSSR count). The van der Waals surface area contributed by atoms with Crippen molar-refractivity contribution in [2.24, 2.45) is 17.3 Å². The van der Waals surface area contributed by atoms with Crippen LogP contribution in [0.25, 0.3) is 0 Å². The molecule has 2 aliphatic rings. The minimum atomic E-state index is -0.937. The van der Waals surface area contributed by atoms with Gasteiger partial charge in [0.2, 0.25) is 11.8 Å². The molecule has 2 unspecified atom stereocenters. The number of aromatic carboxylic acids is 1. The van der Waals surface area contributed by atoms with E-state index in [2.05, 4.69) is 6.07 Å². The molecule has 2 amide bonds. The highest BCUT2D eigenvalue weighted by Gasteiger charge is 2.58. The van der Waals surface area contributed by atoms with E-state index in [-0.39, 0.29) is 36.0 Å². The van der Waals surface area contributed by atoms with Crippen molar-refractivity contribution >= 4 is 58.0 Å². The van der Waals surface area contributed by atoms with Crippen molar-refractivity contribution in [2.75, 3.05) is 4.90 Å². The molecule has 1 saturated heterocycles. The van der Waals surface area contributed by atoms with Crippen molar-refractivity contribution < 1.29 is 19.5 Å². The van der Waals surface area contributed by atoms with Crippen LogP contribution >= 0.6 is 34.5 Å². The summed E-state index contributed by atoms with van der Waals surface area (Å²) < 4.78 is 0. The summed E-state index contributed by atoms with van der Waals surface area (Å²) in [6.45, 7) is 1.97. The van der Waals surface area contributed by atoms with Crippen LogP contribution in [0.2, 0.25) is 10.0 Å². The molecular formula is C30H26Cl2N2O4S. The van der Waals surface area contributed by atoms with E-state index in [1.54, 1.807) is 35.7 Å². The van der Waals surface area contributed by atoms with Crippen LogP contribution in [0.5, 0.6) is 0 Å². The normalized spacial score (nSPS) is 25.1. The van der Waals surface area contributed by atoms with Gasteiger partial charge in [-0.2, -0.15) is 16.6 Å². The van der Waals surface area contributed by atoms with E-state index in [1.807, 2.05) is 24.4 Å². The maximum absolute atomic E-state index is 14.5. The highest BCUT2D eigenvalue weighted by molar-refractivity contribution is 7.08. The first-order chi connectivity index (χ1) is 18.6. The summed E-state index contributed by atoms with van der Waals surface area (Å²) in [6.07, 6.45) is 2.71. The summed E-state index contributed by atoms with van der Waals surface area (Å²) in [5.74, 6) is -1.80. The number of rotatable bonds is 5. The minimum Gasteiger partial charge on any atom is -0.478 e. The number of hydrogen-bond acceptors (Lipinski definition) is 5. The number of nitriles is 1. The second-order valence-electron chi connectivity index (χ2n) is 10.6. The lowest BCUT2D eigenvalue weighted by Gasteiger charge is -2.53. The van der Waals surface area contributed by atoms with Crippen LogP contribution in [-0.4, -0.2) is 22.9 Å². The van der Waals surface area contributed by atoms with E-state index in [4.69, 9.17) is 23.2 Å². The molecule has 2 fully saturated rings. The van der Waals surface area contributed by atoms with Gasteiger partial charge in [-0.15, -0.1) is 0 Å². The molecule has 6 nitrogen and oxygen atoms in total. The fraction of sp³-hybridized carbons (Fsp3) is 0.333. The van der Waals surface area contributed by atoms with Crippen LogP contribution in [0.4, 0.5) is 5.69 Å². The van der Waals surface area contributed by atoms with Crippen molar-refractivity contribution in [3.8, 4) is 6.07 Å². The van der Waals surface area contributed by atoms with Gasteiger partial charge in [-0.05, 0) is 90.3 Å². The number of carboxylic acid groups (broad SMARTS) is 1. The first-order valence-electron chi connectivity index (χ1n) is 12.8. The van der Waals surface area contributed by atoms with Crippen LogP contribution in [0.15, 0.2) is 53.2 Å². The van der Waals surface area contributed by atoms with Crippen LogP contribution in [0.1, 0.15) is 65.6 Å². The molecule has 200 valence electrons. The predicted octanol–water partition coefficient (Wildman–Crippen LogP) is 7.34. The number of thiophene rings is 1. The van der Waals surface area contributed by atoms with Gasteiger partial charge in [0.1, 0.15) is 0 Å². The molecular weight excluding hydrogens is 555 g/mol. The number of piperidine rings is 1. The lowest BCUT2D eigenvalue weighted by molar-refractivity contribution is -0.146. The molecule has 1 saturated carbocycles. The molecule has 4 atom stereocenters. The zero-order valence-corrected chi connectivity index (χ0v) is 23.5. The van der Waals surface area contributed by atoms with Gasteiger partial charge in [0.05, 0.1) is 28.3 Å². The third-order valence-electron chi connectivity index (χ3n) is 8.40. The number of halogens is 2. The molecule has 2 aromatic carbocycles. The first kappa shape index (κ1) is 27.4. The molecule has 1 aromatic heterocycles. The fourth-order valence-electron chi connectivity index (χ4n) is 6.51. The Hall–Kier alpha value is -3.18. The highest BCUT2D eigenvalue weighted by Crippen LogP contribution is 2.58. The van der Waals surface area contributed by atoms with Crippen molar-refractivity contribution in [3.05, 3.63) is 85.5 Å². The van der Waals surface area contributed by atoms with E-state index in [1.165, 1.54) is 16.2 Å². The molecule has 1 aliphatic heterocycles. The molecule has 0 bridgehead atoms. The number of amides is 2. The van der Waals surface area contributed by atoms with Gasteiger partial charge in [0.15, 0.2) is 0 Å². The molecule has 1 spiro atoms. The molecule has 9 heteroatoms. The molecule has 1 N–H and O–H groups in total. The standard InChI is InChI=1S/C30H26Cl2N2O4S/c1-17-8-27(35)34(24-12-22(31)11-23(32)13-24)29(38)30(17)7-6-19(9-21-15-39-16-25(21)28(36)37)10-26(30)20-4-2-18(14-33)3-5-20/h2-5,11-13,15-17,19,26H,6-10H2,1H3,(H,36,37)/t17?,19?,26-,30+/m0/s1. The highest BCUT2D eigenvalue weighted by atomic mass is 35.5. The van der Waals surface area contributed by atoms with Crippen LogP contribution in [0, 0.1) is 28.6 Å². The molecule has 39 heavy (non-hydrogen) atoms. The third-order valence-corrected chi connectivity index (χ3v) is 9.63. The minimum absolute atomic E-state index is 0.149. The Labute approximate surface area is 240 Å². The Morgan fingerprint density at radius 3 is 2.49 bits per heavy atom. The summed E-state index contributed by atoms with van der Waals surface area (Å²) >= 11 is 13.9. The molecule has 2 heterocycles. The Balaban J connectivity index is 1.57. The number of carboxylic acids is 1. The SMILES string of the molecule is CC1CC(=O)N(c2cc(Cl)cc(Cl)c2)C(=O)[C@]12CCC(Cc1cscc1C(=O)O)C[C@H]2c1ccc(C#N)cc1. The number of carbonyl (C=O) groups is 3. The van der Waals surface area contributed by atoms with Crippen molar-refractivity contribution in [3.63, 3.8) is 0 Å². The summed E-state index contributed by atoms with van der Waals surface area (Å²) in [6, 6.07) is 14.2. The predicted molar refractivity (Wildman–Crippen MR) is 151 cm³/mol. The van der Waals surface area contributed by atoms with Crippen LogP contribution < -0.4 is 4.90 Å². The average Bonchev–Trinajstić information content (AvgIpc) is 3.36. The summed E-state index contributed by atoms with van der Waals surface area (Å²) in [5.41, 5.74) is 2.09.